The van der Waals surface area contributed by atoms with Crippen molar-refractivity contribution in [2.24, 2.45) is 0 Å². The Morgan fingerprint density at radius 3 is 2.88 bits per heavy atom. The van der Waals surface area contributed by atoms with Gasteiger partial charge < -0.3 is 15.1 Å². The molecule has 0 aliphatic carbocycles. The highest BCUT2D eigenvalue weighted by Crippen LogP contribution is 2.37. The number of β-amino-alcohol motifs (C(OH)–C–C–N with tert-alkyl or cyclic N) is 1. The summed E-state index contributed by atoms with van der Waals surface area (Å²) in [7, 11) is 0. The summed E-state index contributed by atoms with van der Waals surface area (Å²) in [6.45, 7) is 2.97. The van der Waals surface area contributed by atoms with Crippen molar-refractivity contribution in [2.75, 3.05) is 18.0 Å². The summed E-state index contributed by atoms with van der Waals surface area (Å²) in [5.74, 6) is -0.744. The highest BCUT2D eigenvalue weighted by atomic mass is 16.4. The number of rotatable bonds is 4. The van der Waals surface area contributed by atoms with E-state index in [1.54, 1.807) is 6.92 Å². The molecular formula is C13H17NO3. The van der Waals surface area contributed by atoms with Crippen LogP contribution in [0.25, 0.3) is 0 Å². The van der Waals surface area contributed by atoms with E-state index < -0.39 is 12.1 Å². The number of carboxylic acids is 1. The number of para-hydroxylation sites is 1. The normalized spacial score (nSPS) is 20.1. The van der Waals surface area contributed by atoms with Gasteiger partial charge in [-0.3, -0.25) is 4.79 Å². The first kappa shape index (κ1) is 11.9. The second kappa shape index (κ2) is 4.75. The topological polar surface area (TPSA) is 60.8 Å². The van der Waals surface area contributed by atoms with E-state index in [1.165, 1.54) is 0 Å². The molecule has 0 aromatic heterocycles. The molecule has 2 atom stereocenters. The number of benzene rings is 1. The van der Waals surface area contributed by atoms with Crippen LogP contribution in [0.2, 0.25) is 0 Å². The molecule has 0 spiro atoms. The fourth-order valence-corrected chi connectivity index (χ4v) is 2.46. The third-order valence-electron chi connectivity index (χ3n) is 3.06. The van der Waals surface area contributed by atoms with Crippen molar-refractivity contribution in [3.05, 3.63) is 29.8 Å². The molecule has 0 saturated carbocycles. The van der Waals surface area contributed by atoms with Crippen LogP contribution in [-0.4, -0.2) is 35.4 Å². The fraction of sp³-hybridized carbons (Fsp3) is 0.462. The zero-order valence-corrected chi connectivity index (χ0v) is 9.84. The lowest BCUT2D eigenvalue weighted by Gasteiger charge is -2.21. The second-order valence-corrected chi connectivity index (χ2v) is 4.61. The van der Waals surface area contributed by atoms with Crippen LogP contribution in [0.1, 0.15) is 24.8 Å². The molecule has 2 rings (SSSR count). The maximum atomic E-state index is 10.8. The Bertz CT molecular complexity index is 417. The summed E-state index contributed by atoms with van der Waals surface area (Å²) in [6.07, 6.45) is -0.264. The first-order valence-corrected chi connectivity index (χ1v) is 5.81. The van der Waals surface area contributed by atoms with Gasteiger partial charge in [0, 0.05) is 24.7 Å². The van der Waals surface area contributed by atoms with Crippen LogP contribution in [0.15, 0.2) is 24.3 Å². The van der Waals surface area contributed by atoms with Crippen molar-refractivity contribution in [3.8, 4) is 0 Å². The van der Waals surface area contributed by atoms with Crippen LogP contribution in [0, 0.1) is 0 Å². The Kier molecular flexibility index (Phi) is 3.33. The van der Waals surface area contributed by atoms with Gasteiger partial charge in [0.1, 0.15) is 0 Å². The summed E-state index contributed by atoms with van der Waals surface area (Å²) >= 11 is 0. The smallest absolute Gasteiger partial charge is 0.304 e. The monoisotopic (exact) mass is 235 g/mol. The first-order valence-electron chi connectivity index (χ1n) is 5.81. The summed E-state index contributed by atoms with van der Waals surface area (Å²) in [6, 6.07) is 7.83. The Morgan fingerprint density at radius 2 is 2.24 bits per heavy atom. The lowest BCUT2D eigenvalue weighted by molar-refractivity contribution is -0.137. The summed E-state index contributed by atoms with van der Waals surface area (Å²) < 4.78 is 0. The zero-order chi connectivity index (χ0) is 12.4. The van der Waals surface area contributed by atoms with E-state index in [4.69, 9.17) is 5.11 Å². The maximum Gasteiger partial charge on any atom is 0.304 e. The molecule has 2 unspecified atom stereocenters. The van der Waals surface area contributed by atoms with Crippen molar-refractivity contribution in [2.45, 2.75) is 25.4 Å². The van der Waals surface area contributed by atoms with Gasteiger partial charge in [-0.2, -0.15) is 0 Å². The van der Waals surface area contributed by atoms with Gasteiger partial charge in [-0.1, -0.05) is 18.2 Å². The minimum Gasteiger partial charge on any atom is -0.481 e. The van der Waals surface area contributed by atoms with E-state index in [2.05, 4.69) is 4.90 Å². The minimum atomic E-state index is -0.774. The van der Waals surface area contributed by atoms with Crippen molar-refractivity contribution < 1.29 is 15.0 Å². The molecule has 4 nitrogen and oxygen atoms in total. The molecule has 1 aromatic carbocycles. The number of anilines is 1. The van der Waals surface area contributed by atoms with Crippen LogP contribution < -0.4 is 4.90 Å². The molecule has 1 aromatic rings. The molecule has 17 heavy (non-hydrogen) atoms. The Hall–Kier alpha value is -1.55. The molecule has 4 heteroatoms. The van der Waals surface area contributed by atoms with E-state index in [-0.39, 0.29) is 12.3 Å². The van der Waals surface area contributed by atoms with Crippen molar-refractivity contribution in [1.82, 2.24) is 0 Å². The maximum absolute atomic E-state index is 10.8. The zero-order valence-electron chi connectivity index (χ0n) is 9.84. The molecule has 1 aliphatic heterocycles. The molecule has 92 valence electrons. The number of nitrogens with zero attached hydrogens (tertiary/aromatic N) is 1. The second-order valence-electron chi connectivity index (χ2n) is 4.61. The van der Waals surface area contributed by atoms with Gasteiger partial charge >= 0.3 is 5.97 Å². The fourth-order valence-electron chi connectivity index (χ4n) is 2.46. The molecular weight excluding hydrogens is 218 g/mol. The number of carbonyl (C=O) groups is 1. The van der Waals surface area contributed by atoms with Crippen molar-refractivity contribution >= 4 is 11.7 Å². The third kappa shape index (κ3) is 2.58. The Balaban J connectivity index is 2.23. The first-order chi connectivity index (χ1) is 8.08. The van der Waals surface area contributed by atoms with Crippen LogP contribution >= 0.6 is 0 Å². The number of aliphatic hydroxyl groups is 1. The minimum absolute atomic E-state index is 0.0300. The van der Waals surface area contributed by atoms with Gasteiger partial charge in [-0.25, -0.2) is 0 Å². The molecule has 0 saturated heterocycles. The van der Waals surface area contributed by atoms with Gasteiger partial charge in [-0.05, 0) is 18.6 Å². The highest BCUT2D eigenvalue weighted by Gasteiger charge is 2.29. The Labute approximate surface area is 100 Å². The number of hydrogen-bond acceptors (Lipinski definition) is 3. The molecule has 0 bridgehead atoms. The van der Waals surface area contributed by atoms with Gasteiger partial charge in [0.2, 0.25) is 0 Å². The van der Waals surface area contributed by atoms with Gasteiger partial charge in [-0.15, -0.1) is 0 Å². The SMILES string of the molecule is CC(O)CN1CC(CC(=O)O)c2ccccc21. The van der Waals surface area contributed by atoms with E-state index in [0.29, 0.717) is 13.1 Å². The number of carboxylic acid groups (broad SMARTS) is 1. The average Bonchev–Trinajstić information content (AvgIpc) is 2.56. The molecule has 1 heterocycles. The van der Waals surface area contributed by atoms with Crippen molar-refractivity contribution in [1.29, 1.82) is 0 Å². The summed E-state index contributed by atoms with van der Waals surface area (Å²) in [4.78, 5) is 12.9. The van der Waals surface area contributed by atoms with E-state index in [1.807, 2.05) is 24.3 Å². The molecule has 0 fully saturated rings. The predicted molar refractivity (Wildman–Crippen MR) is 65.3 cm³/mol. The highest BCUT2D eigenvalue weighted by molar-refractivity contribution is 5.71. The number of fused-ring (bicyclic) bond motifs is 1. The van der Waals surface area contributed by atoms with Crippen LogP contribution in [-0.2, 0) is 4.79 Å². The van der Waals surface area contributed by atoms with Gasteiger partial charge in [0.15, 0.2) is 0 Å². The predicted octanol–water partition coefficient (Wildman–Crippen LogP) is 1.45. The third-order valence-corrected chi connectivity index (χ3v) is 3.06. The van der Waals surface area contributed by atoms with Crippen molar-refractivity contribution in [3.63, 3.8) is 0 Å². The average molecular weight is 235 g/mol. The Morgan fingerprint density at radius 1 is 1.53 bits per heavy atom. The molecule has 1 aliphatic rings. The lowest BCUT2D eigenvalue weighted by Crippen LogP contribution is -2.30. The summed E-state index contributed by atoms with van der Waals surface area (Å²) in [5, 5.41) is 18.3. The molecule has 2 N–H and O–H groups in total. The largest absolute Gasteiger partial charge is 0.481 e. The van der Waals surface area contributed by atoms with E-state index in [0.717, 1.165) is 11.3 Å². The number of aliphatic hydroxyl groups excluding tert-OH is 1. The van der Waals surface area contributed by atoms with Gasteiger partial charge in [0.05, 0.1) is 12.5 Å². The number of hydrogen-bond donors (Lipinski definition) is 2. The van der Waals surface area contributed by atoms with Crippen LogP contribution in [0.3, 0.4) is 0 Å². The molecule has 0 amide bonds. The quantitative estimate of drug-likeness (QED) is 0.829. The molecule has 0 radical (unpaired) electrons. The summed E-state index contributed by atoms with van der Waals surface area (Å²) in [5.41, 5.74) is 2.13. The van der Waals surface area contributed by atoms with E-state index >= 15 is 0 Å². The number of aliphatic carboxylic acids is 1. The van der Waals surface area contributed by atoms with E-state index in [9.17, 15) is 9.90 Å². The van der Waals surface area contributed by atoms with Crippen LogP contribution in [0.5, 0.6) is 0 Å². The van der Waals surface area contributed by atoms with Crippen LogP contribution in [0.4, 0.5) is 5.69 Å². The standard InChI is InChI=1S/C13H17NO3/c1-9(15)7-14-8-10(6-13(16)17)11-4-2-3-5-12(11)14/h2-5,9-10,15H,6-8H2,1H3,(H,16,17). The van der Waals surface area contributed by atoms with Gasteiger partial charge in [0.25, 0.3) is 0 Å². The lowest BCUT2D eigenvalue weighted by atomic mass is 9.98.